The largest absolute Gasteiger partial charge is 0.493 e. The quantitative estimate of drug-likeness (QED) is 0.389. The molecule has 3 aromatic rings. The van der Waals surface area contributed by atoms with Crippen LogP contribution in [-0.2, 0) is 21.3 Å². The van der Waals surface area contributed by atoms with Crippen molar-refractivity contribution in [3.8, 4) is 17.2 Å². The van der Waals surface area contributed by atoms with Crippen molar-refractivity contribution in [1.82, 2.24) is 14.2 Å². The smallest absolute Gasteiger partial charge is 0.412 e. The monoisotopic (exact) mass is 573 g/mol. The SMILES string of the molecule is CCC(CC)n1cc(OC(=O)NCc2ccccc2S(=O)(=O)N2CCOCC2)c2cc(OC)c(OC)cc2c1=O. The van der Waals surface area contributed by atoms with Gasteiger partial charge in [-0.2, -0.15) is 4.31 Å². The van der Waals surface area contributed by atoms with E-state index >= 15 is 0 Å². The Bertz CT molecular complexity index is 1530. The third-order valence-corrected chi connectivity index (χ3v) is 9.03. The van der Waals surface area contributed by atoms with Crippen LogP contribution < -0.4 is 25.1 Å². The van der Waals surface area contributed by atoms with Gasteiger partial charge in [0.25, 0.3) is 5.56 Å². The summed E-state index contributed by atoms with van der Waals surface area (Å²) in [6.45, 7) is 5.06. The molecule has 216 valence electrons. The average Bonchev–Trinajstić information content (AvgIpc) is 2.98. The molecule has 0 atom stereocenters. The predicted molar refractivity (Wildman–Crippen MR) is 150 cm³/mol. The van der Waals surface area contributed by atoms with Gasteiger partial charge in [-0.25, -0.2) is 13.2 Å². The normalized spacial score (nSPS) is 14.3. The lowest BCUT2D eigenvalue weighted by atomic mass is 10.1. The first kappa shape index (κ1) is 29.4. The average molecular weight is 574 g/mol. The predicted octanol–water partition coefficient (Wildman–Crippen LogP) is 3.69. The lowest BCUT2D eigenvalue weighted by Gasteiger charge is -2.27. The van der Waals surface area contributed by atoms with Gasteiger partial charge in [0.1, 0.15) is 0 Å². The van der Waals surface area contributed by atoms with Crippen LogP contribution in [0.5, 0.6) is 17.2 Å². The fraction of sp³-hybridized carbons (Fsp3) is 0.429. The van der Waals surface area contributed by atoms with Crippen LogP contribution in [0.15, 0.2) is 52.3 Å². The summed E-state index contributed by atoms with van der Waals surface area (Å²) in [5.41, 5.74) is 0.184. The molecule has 40 heavy (non-hydrogen) atoms. The van der Waals surface area contributed by atoms with Crippen molar-refractivity contribution in [2.75, 3.05) is 40.5 Å². The molecule has 2 aromatic carbocycles. The van der Waals surface area contributed by atoms with E-state index in [-0.39, 0.29) is 41.9 Å². The lowest BCUT2D eigenvalue weighted by Crippen LogP contribution is -2.41. The second-order valence-electron chi connectivity index (χ2n) is 9.30. The summed E-state index contributed by atoms with van der Waals surface area (Å²) in [7, 11) is -0.814. The number of nitrogens with one attached hydrogen (secondary N) is 1. The molecule has 1 saturated heterocycles. The van der Waals surface area contributed by atoms with Gasteiger partial charge in [-0.05, 0) is 36.6 Å². The van der Waals surface area contributed by atoms with Crippen molar-refractivity contribution in [2.45, 2.75) is 44.2 Å². The fourth-order valence-electron chi connectivity index (χ4n) is 4.82. The number of aromatic nitrogens is 1. The summed E-state index contributed by atoms with van der Waals surface area (Å²) in [6, 6.07) is 9.59. The maximum Gasteiger partial charge on any atom is 0.412 e. The van der Waals surface area contributed by atoms with E-state index in [2.05, 4.69) is 5.32 Å². The van der Waals surface area contributed by atoms with Crippen molar-refractivity contribution in [3.05, 3.63) is 58.5 Å². The Morgan fingerprint density at radius 1 is 1.00 bits per heavy atom. The summed E-state index contributed by atoms with van der Waals surface area (Å²) < 4.78 is 51.3. The minimum atomic E-state index is -3.77. The van der Waals surface area contributed by atoms with E-state index in [0.29, 0.717) is 53.9 Å². The van der Waals surface area contributed by atoms with E-state index in [1.165, 1.54) is 30.8 Å². The molecule has 1 aliphatic heterocycles. The molecule has 0 aliphatic carbocycles. The zero-order valence-corrected chi connectivity index (χ0v) is 24.0. The molecule has 4 rings (SSSR count). The number of hydrogen-bond donors (Lipinski definition) is 1. The number of carbonyl (C=O) groups excluding carboxylic acids is 1. The van der Waals surface area contributed by atoms with Gasteiger partial charge in [-0.3, -0.25) is 4.79 Å². The molecule has 1 amide bonds. The second-order valence-corrected chi connectivity index (χ2v) is 11.2. The molecule has 1 aliphatic rings. The van der Waals surface area contributed by atoms with Crippen LogP contribution in [0.1, 0.15) is 38.3 Å². The molecule has 1 N–H and O–H groups in total. The van der Waals surface area contributed by atoms with Crippen LogP contribution in [0, 0.1) is 0 Å². The third-order valence-electron chi connectivity index (χ3n) is 7.03. The molecular weight excluding hydrogens is 538 g/mol. The first-order chi connectivity index (χ1) is 19.2. The van der Waals surface area contributed by atoms with Gasteiger partial charge < -0.3 is 28.8 Å². The Morgan fingerprint density at radius 2 is 1.62 bits per heavy atom. The Kier molecular flexibility index (Phi) is 9.33. The number of sulfonamides is 1. The van der Waals surface area contributed by atoms with Gasteiger partial charge in [0.05, 0.1) is 43.9 Å². The van der Waals surface area contributed by atoms with Crippen molar-refractivity contribution >= 4 is 26.9 Å². The highest BCUT2D eigenvalue weighted by molar-refractivity contribution is 7.89. The van der Waals surface area contributed by atoms with Crippen LogP contribution >= 0.6 is 0 Å². The van der Waals surface area contributed by atoms with Crippen LogP contribution in [0.2, 0.25) is 0 Å². The maximum absolute atomic E-state index is 13.4. The summed E-state index contributed by atoms with van der Waals surface area (Å²) in [6.07, 6.45) is 2.14. The van der Waals surface area contributed by atoms with Gasteiger partial charge in [0, 0.05) is 31.1 Å². The third kappa shape index (κ3) is 5.93. The highest BCUT2D eigenvalue weighted by atomic mass is 32.2. The number of hydrogen-bond acceptors (Lipinski definition) is 8. The number of benzene rings is 2. The van der Waals surface area contributed by atoms with E-state index in [9.17, 15) is 18.0 Å². The van der Waals surface area contributed by atoms with Gasteiger partial charge in [-0.1, -0.05) is 32.0 Å². The number of pyridine rings is 1. The Hall–Kier alpha value is -3.61. The van der Waals surface area contributed by atoms with Gasteiger partial charge in [0.2, 0.25) is 10.0 Å². The number of amides is 1. The van der Waals surface area contributed by atoms with E-state index < -0.39 is 16.1 Å². The zero-order valence-electron chi connectivity index (χ0n) is 23.1. The van der Waals surface area contributed by atoms with Crippen LogP contribution in [-0.4, -0.2) is 63.9 Å². The Labute approximate surface area is 233 Å². The van der Waals surface area contributed by atoms with Gasteiger partial charge in [-0.15, -0.1) is 0 Å². The number of fused-ring (bicyclic) bond motifs is 1. The van der Waals surface area contributed by atoms with E-state index in [1.54, 1.807) is 34.9 Å². The molecule has 0 bridgehead atoms. The van der Waals surface area contributed by atoms with Crippen LogP contribution in [0.25, 0.3) is 10.8 Å². The number of nitrogens with zero attached hydrogens (tertiary/aromatic N) is 2. The standard InChI is InChI=1S/C28H35N3O8S/c1-5-20(6-2)31-18-25(21-15-23(36-3)24(37-4)16-22(21)27(31)32)39-28(33)29-17-19-9-7-8-10-26(19)40(34,35)30-11-13-38-14-12-30/h7-10,15-16,18,20H,5-6,11-14,17H2,1-4H3,(H,29,33). The molecule has 0 unspecified atom stereocenters. The molecule has 1 aromatic heterocycles. The van der Waals surface area contributed by atoms with E-state index in [0.717, 1.165) is 0 Å². The summed E-state index contributed by atoms with van der Waals surface area (Å²) in [4.78, 5) is 26.5. The Balaban J connectivity index is 1.64. The number of morpholine rings is 1. The fourth-order valence-corrected chi connectivity index (χ4v) is 6.45. The van der Waals surface area contributed by atoms with Crippen LogP contribution in [0.4, 0.5) is 4.79 Å². The number of rotatable bonds is 10. The first-order valence-corrected chi connectivity index (χ1v) is 14.6. The molecule has 0 spiro atoms. The molecule has 1 fully saturated rings. The van der Waals surface area contributed by atoms with Crippen LogP contribution in [0.3, 0.4) is 0 Å². The zero-order chi connectivity index (χ0) is 28.9. The van der Waals surface area contributed by atoms with E-state index in [4.69, 9.17) is 18.9 Å². The molecule has 11 nitrogen and oxygen atoms in total. The van der Waals surface area contributed by atoms with Gasteiger partial charge >= 0.3 is 6.09 Å². The topological polar surface area (TPSA) is 125 Å². The summed E-state index contributed by atoms with van der Waals surface area (Å²) in [5, 5.41) is 3.36. The summed E-state index contributed by atoms with van der Waals surface area (Å²) in [5.74, 6) is 0.916. The highest BCUT2D eigenvalue weighted by Crippen LogP contribution is 2.35. The van der Waals surface area contributed by atoms with E-state index in [1.807, 2.05) is 13.8 Å². The molecular formula is C28H35N3O8S. The highest BCUT2D eigenvalue weighted by Gasteiger charge is 2.28. The maximum atomic E-state index is 13.4. The number of methoxy groups -OCH3 is 2. The number of carbonyl (C=O) groups is 1. The molecule has 0 saturated carbocycles. The van der Waals surface area contributed by atoms with Gasteiger partial charge in [0.15, 0.2) is 17.2 Å². The molecule has 12 heteroatoms. The minimum absolute atomic E-state index is 0.0835. The van der Waals surface area contributed by atoms with Crippen molar-refractivity contribution in [2.24, 2.45) is 0 Å². The molecule has 2 heterocycles. The van der Waals surface area contributed by atoms with Crippen molar-refractivity contribution < 1.29 is 32.2 Å². The first-order valence-electron chi connectivity index (χ1n) is 13.2. The lowest BCUT2D eigenvalue weighted by molar-refractivity contribution is 0.0730. The summed E-state index contributed by atoms with van der Waals surface area (Å²) >= 11 is 0. The Morgan fingerprint density at radius 3 is 2.25 bits per heavy atom. The second kappa shape index (κ2) is 12.7. The van der Waals surface area contributed by atoms with Crippen molar-refractivity contribution in [1.29, 1.82) is 0 Å². The number of ether oxygens (including phenoxy) is 4. The minimum Gasteiger partial charge on any atom is -0.493 e. The van der Waals surface area contributed by atoms with Crippen molar-refractivity contribution in [3.63, 3.8) is 0 Å². The molecule has 0 radical (unpaired) electrons.